The summed E-state index contributed by atoms with van der Waals surface area (Å²) in [5.74, 6) is 1.21. The van der Waals surface area contributed by atoms with Crippen LogP contribution in [0.1, 0.15) is 34.1 Å². The third-order valence-electron chi connectivity index (χ3n) is 4.56. The zero-order valence-corrected chi connectivity index (χ0v) is 12.3. The molecule has 0 bridgehead atoms. The maximum absolute atomic E-state index is 11.7. The number of allylic oxidation sites excluding steroid dienone is 2. The van der Waals surface area contributed by atoms with E-state index < -0.39 is 0 Å². The number of imidazole rings is 1. The molecule has 0 aliphatic heterocycles. The molecule has 1 unspecified atom stereocenters. The van der Waals surface area contributed by atoms with Gasteiger partial charge in [-0.25, -0.2) is 9.97 Å². The van der Waals surface area contributed by atoms with Crippen molar-refractivity contribution < 1.29 is 0 Å². The summed E-state index contributed by atoms with van der Waals surface area (Å²) in [6.45, 7) is 9.04. The van der Waals surface area contributed by atoms with E-state index in [2.05, 4.69) is 48.7 Å². The van der Waals surface area contributed by atoms with Crippen LogP contribution in [0.2, 0.25) is 0 Å². The smallest absolute Gasteiger partial charge is 0.278 e. The molecule has 106 valence electrons. The summed E-state index contributed by atoms with van der Waals surface area (Å²) >= 11 is 0. The molecule has 0 saturated carbocycles. The number of rotatable bonds is 2. The lowest BCUT2D eigenvalue weighted by atomic mass is 9.74. The highest BCUT2D eigenvalue weighted by Crippen LogP contribution is 2.49. The Kier molecular flexibility index (Phi) is 2.81. The molecule has 1 atom stereocenters. The Bertz CT molecular complexity index is 736. The van der Waals surface area contributed by atoms with Crippen LogP contribution < -0.4 is 5.56 Å². The molecule has 1 aliphatic rings. The fourth-order valence-corrected chi connectivity index (χ4v) is 3.52. The van der Waals surface area contributed by atoms with Crippen LogP contribution in [-0.2, 0) is 0 Å². The van der Waals surface area contributed by atoms with Gasteiger partial charge in [-0.2, -0.15) is 0 Å². The second-order valence-corrected chi connectivity index (χ2v) is 6.42. The molecular formula is C15H20N4O. The average molecular weight is 272 g/mol. The number of nitrogens with one attached hydrogen (secondary N) is 1. The van der Waals surface area contributed by atoms with Crippen molar-refractivity contribution in [2.75, 3.05) is 0 Å². The number of fused-ring (bicyclic) bond motifs is 1. The van der Waals surface area contributed by atoms with E-state index in [0.717, 1.165) is 6.42 Å². The van der Waals surface area contributed by atoms with Crippen LogP contribution in [0.3, 0.4) is 0 Å². The largest absolute Gasteiger partial charge is 0.311 e. The van der Waals surface area contributed by atoms with Crippen LogP contribution in [0.4, 0.5) is 0 Å². The van der Waals surface area contributed by atoms with Crippen molar-refractivity contribution in [1.82, 2.24) is 19.5 Å². The van der Waals surface area contributed by atoms with Gasteiger partial charge in [0, 0.05) is 11.1 Å². The maximum atomic E-state index is 11.7. The van der Waals surface area contributed by atoms with Gasteiger partial charge < -0.3 is 4.98 Å². The van der Waals surface area contributed by atoms with Crippen molar-refractivity contribution >= 4 is 16.9 Å². The topological polar surface area (TPSA) is 63.6 Å². The molecule has 1 aliphatic carbocycles. The quantitative estimate of drug-likeness (QED) is 0.914. The molecule has 0 fully saturated rings. The highest BCUT2D eigenvalue weighted by molar-refractivity contribution is 5.75. The molecule has 2 heterocycles. The Labute approximate surface area is 117 Å². The number of H-pyrrole nitrogens is 1. The normalized spacial score (nSPS) is 21.6. The second-order valence-electron chi connectivity index (χ2n) is 6.42. The first-order valence-corrected chi connectivity index (χ1v) is 7.04. The monoisotopic (exact) mass is 272 g/mol. The average Bonchev–Trinajstić information content (AvgIpc) is 2.90. The van der Waals surface area contributed by atoms with Gasteiger partial charge >= 0.3 is 0 Å². The van der Waals surface area contributed by atoms with Crippen molar-refractivity contribution in [3.05, 3.63) is 29.1 Å². The molecule has 0 spiro atoms. The van der Waals surface area contributed by atoms with Gasteiger partial charge in [0.05, 0.1) is 6.33 Å². The van der Waals surface area contributed by atoms with E-state index in [1.54, 1.807) is 6.33 Å². The summed E-state index contributed by atoms with van der Waals surface area (Å²) in [7, 11) is 0. The molecule has 0 saturated heterocycles. The molecule has 0 amide bonds. The first-order chi connectivity index (χ1) is 9.43. The fraction of sp³-hybridized carbons (Fsp3) is 0.533. The second kappa shape index (κ2) is 4.30. The molecular weight excluding hydrogens is 252 g/mol. The Hall–Kier alpha value is -1.91. The Morgan fingerprint density at radius 2 is 2.15 bits per heavy atom. The fourth-order valence-electron chi connectivity index (χ4n) is 3.52. The van der Waals surface area contributed by atoms with E-state index in [0.29, 0.717) is 23.0 Å². The summed E-state index contributed by atoms with van der Waals surface area (Å²) < 4.78 is 1.97. The van der Waals surface area contributed by atoms with Crippen molar-refractivity contribution in [2.45, 2.75) is 34.1 Å². The van der Waals surface area contributed by atoms with Crippen LogP contribution in [0, 0.1) is 17.3 Å². The van der Waals surface area contributed by atoms with E-state index in [1.165, 1.54) is 12.0 Å². The van der Waals surface area contributed by atoms with E-state index in [-0.39, 0.29) is 11.0 Å². The summed E-state index contributed by atoms with van der Waals surface area (Å²) in [5.41, 5.74) is 2.09. The molecule has 5 heteroatoms. The van der Waals surface area contributed by atoms with Gasteiger partial charge in [0.1, 0.15) is 6.33 Å². The summed E-state index contributed by atoms with van der Waals surface area (Å²) in [6, 6.07) is 0. The summed E-state index contributed by atoms with van der Waals surface area (Å²) in [6.07, 6.45) is 6.46. The molecule has 0 aromatic carbocycles. The van der Waals surface area contributed by atoms with Crippen molar-refractivity contribution in [2.24, 2.45) is 17.3 Å². The van der Waals surface area contributed by atoms with Crippen molar-refractivity contribution in [1.29, 1.82) is 0 Å². The SMILES string of the molecule is CC(C)C1CC=C(n2cnc3c(=O)[nH]cnc32)C1(C)C. The Morgan fingerprint density at radius 1 is 1.40 bits per heavy atom. The zero-order chi connectivity index (χ0) is 14.5. The predicted molar refractivity (Wildman–Crippen MR) is 79.1 cm³/mol. The third-order valence-corrected chi connectivity index (χ3v) is 4.56. The number of aromatic nitrogens is 4. The van der Waals surface area contributed by atoms with Gasteiger partial charge in [0.25, 0.3) is 5.56 Å². The number of aromatic amines is 1. The lowest BCUT2D eigenvalue weighted by Crippen LogP contribution is -2.27. The van der Waals surface area contributed by atoms with E-state index in [9.17, 15) is 4.79 Å². The number of hydrogen-bond acceptors (Lipinski definition) is 3. The molecule has 2 aromatic rings. The Morgan fingerprint density at radius 3 is 2.80 bits per heavy atom. The first kappa shape index (κ1) is 13.1. The Balaban J connectivity index is 2.13. The lowest BCUT2D eigenvalue weighted by Gasteiger charge is -2.33. The zero-order valence-electron chi connectivity index (χ0n) is 12.3. The predicted octanol–water partition coefficient (Wildman–Crippen LogP) is 2.66. The van der Waals surface area contributed by atoms with Gasteiger partial charge in [-0.3, -0.25) is 9.36 Å². The van der Waals surface area contributed by atoms with Crippen LogP contribution in [0.15, 0.2) is 23.5 Å². The van der Waals surface area contributed by atoms with Crippen LogP contribution in [0.25, 0.3) is 16.9 Å². The molecule has 1 N–H and O–H groups in total. The van der Waals surface area contributed by atoms with Gasteiger partial charge in [-0.1, -0.05) is 33.8 Å². The van der Waals surface area contributed by atoms with E-state index >= 15 is 0 Å². The summed E-state index contributed by atoms with van der Waals surface area (Å²) in [4.78, 5) is 22.8. The van der Waals surface area contributed by atoms with E-state index in [4.69, 9.17) is 0 Å². The molecule has 20 heavy (non-hydrogen) atoms. The molecule has 0 radical (unpaired) electrons. The minimum Gasteiger partial charge on any atom is -0.311 e. The van der Waals surface area contributed by atoms with E-state index in [1.807, 2.05) is 4.57 Å². The van der Waals surface area contributed by atoms with Crippen LogP contribution >= 0.6 is 0 Å². The van der Waals surface area contributed by atoms with Gasteiger partial charge in [-0.15, -0.1) is 0 Å². The maximum Gasteiger partial charge on any atom is 0.278 e. The summed E-state index contributed by atoms with van der Waals surface area (Å²) in [5, 5.41) is 0. The van der Waals surface area contributed by atoms with Crippen molar-refractivity contribution in [3.63, 3.8) is 0 Å². The van der Waals surface area contributed by atoms with Gasteiger partial charge in [-0.05, 0) is 18.3 Å². The minimum absolute atomic E-state index is 0.0477. The van der Waals surface area contributed by atoms with Crippen LogP contribution in [-0.4, -0.2) is 19.5 Å². The number of hydrogen-bond donors (Lipinski definition) is 1. The highest BCUT2D eigenvalue weighted by Gasteiger charge is 2.40. The van der Waals surface area contributed by atoms with Crippen molar-refractivity contribution in [3.8, 4) is 0 Å². The standard InChI is InChI=1S/C15H20N4O/c1-9(2)10-5-6-11(15(10,3)4)19-8-18-12-13(19)16-7-17-14(12)20/h6-10H,5H2,1-4H3,(H,16,17,20). The minimum atomic E-state index is -0.189. The number of nitrogens with zero attached hydrogens (tertiary/aromatic N) is 3. The lowest BCUT2D eigenvalue weighted by molar-refractivity contribution is 0.236. The molecule has 5 nitrogen and oxygen atoms in total. The first-order valence-electron chi connectivity index (χ1n) is 7.04. The van der Waals surface area contributed by atoms with Gasteiger partial charge in [0.2, 0.25) is 0 Å². The van der Waals surface area contributed by atoms with Crippen LogP contribution in [0.5, 0.6) is 0 Å². The molecule has 2 aromatic heterocycles. The molecule has 3 rings (SSSR count). The highest BCUT2D eigenvalue weighted by atomic mass is 16.1. The third kappa shape index (κ3) is 1.72. The van der Waals surface area contributed by atoms with Gasteiger partial charge in [0.15, 0.2) is 11.2 Å².